The summed E-state index contributed by atoms with van der Waals surface area (Å²) in [6, 6.07) is 18.1. The molecule has 3 aromatic carbocycles. The summed E-state index contributed by atoms with van der Waals surface area (Å²) in [7, 11) is 0. The van der Waals surface area contributed by atoms with E-state index in [0.717, 1.165) is 16.7 Å². The molecule has 0 spiro atoms. The van der Waals surface area contributed by atoms with E-state index in [1.165, 1.54) is 0 Å². The average molecular weight is 654 g/mol. The van der Waals surface area contributed by atoms with Gasteiger partial charge in [0.1, 0.15) is 11.6 Å². The minimum Gasteiger partial charge on any atom is -0.412 e. The van der Waals surface area contributed by atoms with Crippen molar-refractivity contribution in [1.82, 2.24) is 9.80 Å². The first-order chi connectivity index (χ1) is 17.7. The molecular formula is C27H27Cl6N3O3. The molecule has 2 atom stereocenters. The Bertz CT molecular complexity index is 1270. The van der Waals surface area contributed by atoms with E-state index in [-0.39, 0.29) is 36.9 Å². The highest BCUT2D eigenvalue weighted by Crippen LogP contribution is 2.33. The number of hydrogen-bond acceptors (Lipinski definition) is 4. The highest BCUT2D eigenvalue weighted by atomic mass is 35.5. The molecule has 4 rings (SSSR count). The van der Waals surface area contributed by atoms with Crippen LogP contribution in [0.15, 0.2) is 73.1 Å². The van der Waals surface area contributed by atoms with Gasteiger partial charge in [0.15, 0.2) is 0 Å². The van der Waals surface area contributed by atoms with E-state index in [0.29, 0.717) is 32.4 Å². The van der Waals surface area contributed by atoms with Crippen LogP contribution in [-0.2, 0) is 16.1 Å². The van der Waals surface area contributed by atoms with Crippen LogP contribution in [0.4, 0.5) is 5.69 Å². The van der Waals surface area contributed by atoms with Gasteiger partial charge in [-0.2, -0.15) is 0 Å². The lowest BCUT2D eigenvalue weighted by molar-refractivity contribution is -0.117. The van der Waals surface area contributed by atoms with E-state index < -0.39 is 11.6 Å². The number of aryl methyl sites for hydroxylation is 1. The molecule has 0 aliphatic carbocycles. The Hall–Kier alpha value is -1.87. The molecule has 0 saturated heterocycles. The first-order valence-corrected chi connectivity index (χ1v) is 13.3. The number of nitrogens with zero attached hydrogens (tertiary/aromatic N) is 2. The van der Waals surface area contributed by atoms with Gasteiger partial charge in [-0.05, 0) is 53.9 Å². The summed E-state index contributed by atoms with van der Waals surface area (Å²) >= 11 is 31.7. The third-order valence-electron chi connectivity index (χ3n) is 5.85. The summed E-state index contributed by atoms with van der Waals surface area (Å²) in [6.45, 7) is 2.66. The summed E-state index contributed by atoms with van der Waals surface area (Å²) in [5.74, 6) is -0.184. The van der Waals surface area contributed by atoms with Crippen LogP contribution in [0.3, 0.4) is 0 Å². The highest BCUT2D eigenvalue weighted by Gasteiger charge is 2.30. The van der Waals surface area contributed by atoms with E-state index in [4.69, 9.17) is 62.7 Å². The highest BCUT2D eigenvalue weighted by molar-refractivity contribution is 6.35. The number of anilines is 1. The number of rotatable bonds is 9. The van der Waals surface area contributed by atoms with E-state index in [9.17, 15) is 4.79 Å². The third kappa shape index (κ3) is 8.81. The second-order valence-electron chi connectivity index (χ2n) is 8.57. The molecule has 210 valence electrons. The molecule has 3 aromatic rings. The lowest BCUT2D eigenvalue weighted by atomic mass is 10.1. The molecule has 0 saturated carbocycles. The van der Waals surface area contributed by atoms with Gasteiger partial charge in [-0.3, -0.25) is 4.79 Å². The number of hydrogen-bond donors (Lipinski definition) is 1. The van der Waals surface area contributed by atoms with Gasteiger partial charge < -0.3 is 25.3 Å². The fourth-order valence-electron chi connectivity index (χ4n) is 3.88. The molecule has 0 radical (unpaired) electrons. The molecule has 6 nitrogen and oxygen atoms in total. The van der Waals surface area contributed by atoms with Crippen LogP contribution in [0.25, 0.3) is 0 Å². The zero-order chi connectivity index (χ0) is 26.5. The minimum absolute atomic E-state index is 0. The van der Waals surface area contributed by atoms with Crippen LogP contribution in [0, 0.1) is 6.92 Å². The Labute approximate surface area is 259 Å². The number of halogens is 6. The fourth-order valence-corrected chi connectivity index (χ4v) is 5.08. The largest absolute Gasteiger partial charge is 0.412 e. The van der Waals surface area contributed by atoms with Crippen molar-refractivity contribution in [3.63, 3.8) is 0 Å². The Kier molecular flexibility index (Phi) is 13.0. The molecule has 1 heterocycles. The first kappa shape index (κ1) is 33.3. The van der Waals surface area contributed by atoms with Gasteiger partial charge in [-0.15, -0.1) is 12.4 Å². The van der Waals surface area contributed by atoms with Crippen LogP contribution >= 0.6 is 70.4 Å². The molecule has 3 N–H and O–H groups in total. The molecular weight excluding hydrogens is 627 g/mol. The van der Waals surface area contributed by atoms with Crippen molar-refractivity contribution in [3.8, 4) is 0 Å². The summed E-state index contributed by atoms with van der Waals surface area (Å²) in [6.07, 6.45) is 3.14. The van der Waals surface area contributed by atoms with E-state index in [2.05, 4.69) is 5.32 Å². The average Bonchev–Trinajstić information content (AvgIpc) is 3.32. The first-order valence-electron chi connectivity index (χ1n) is 11.4. The van der Waals surface area contributed by atoms with Crippen LogP contribution in [0.1, 0.15) is 22.8 Å². The van der Waals surface area contributed by atoms with Gasteiger partial charge in [-0.1, -0.05) is 88.3 Å². The number of alkyl halides is 1. The Balaban J connectivity index is 0.00000267. The maximum absolute atomic E-state index is 12.7. The molecule has 1 aliphatic rings. The number of carbonyl (C=O) groups is 1. The Morgan fingerprint density at radius 2 is 1.67 bits per heavy atom. The number of ether oxygens (including phenoxy) is 1. The quantitative estimate of drug-likeness (QED) is 0.190. The van der Waals surface area contributed by atoms with Crippen molar-refractivity contribution in [3.05, 3.63) is 110 Å². The van der Waals surface area contributed by atoms with Crippen molar-refractivity contribution < 1.29 is 15.0 Å². The predicted molar refractivity (Wildman–Crippen MR) is 163 cm³/mol. The summed E-state index contributed by atoms with van der Waals surface area (Å²) in [4.78, 5) is 16.5. The summed E-state index contributed by atoms with van der Waals surface area (Å²) < 4.78 is 6.28. The van der Waals surface area contributed by atoms with Crippen molar-refractivity contribution in [2.75, 3.05) is 18.5 Å². The monoisotopic (exact) mass is 651 g/mol. The molecule has 1 amide bonds. The lowest BCUT2D eigenvalue weighted by Crippen LogP contribution is -2.38. The Morgan fingerprint density at radius 3 is 2.33 bits per heavy atom. The number of benzene rings is 3. The standard InChI is InChI=1S/C27H24Cl5N3O2.ClH.H2O/c1-17-3-2-4-22(30)25(17)33-24(36)14-34-11-12-35(16-34)27(32)26(18-5-8-20(28)9-6-18)37-15-19-7-10-21(29)13-23(19)31;;/h2-13,26-27H,14-16H2,1H3,(H,33,36);1H;1H2. The molecule has 0 bridgehead atoms. The molecule has 12 heteroatoms. The van der Waals surface area contributed by atoms with Crippen LogP contribution < -0.4 is 5.32 Å². The number of carbonyl (C=O) groups excluding carboxylic acids is 1. The second kappa shape index (κ2) is 15.2. The third-order valence-corrected chi connectivity index (χ3v) is 7.48. The van der Waals surface area contributed by atoms with Crippen molar-refractivity contribution in [2.45, 2.75) is 25.1 Å². The maximum atomic E-state index is 12.7. The number of amides is 1. The summed E-state index contributed by atoms with van der Waals surface area (Å²) in [5.41, 5.74) is 2.57. The molecule has 0 fully saturated rings. The number of para-hydroxylation sites is 1. The van der Waals surface area contributed by atoms with E-state index in [1.54, 1.807) is 30.3 Å². The van der Waals surface area contributed by atoms with Gasteiger partial charge in [0.25, 0.3) is 0 Å². The predicted octanol–water partition coefficient (Wildman–Crippen LogP) is 7.71. The molecule has 39 heavy (non-hydrogen) atoms. The van der Waals surface area contributed by atoms with Gasteiger partial charge in [-0.25, -0.2) is 0 Å². The van der Waals surface area contributed by atoms with E-state index in [1.807, 2.05) is 59.5 Å². The minimum atomic E-state index is -0.581. The van der Waals surface area contributed by atoms with Crippen molar-refractivity contribution in [1.29, 1.82) is 0 Å². The van der Waals surface area contributed by atoms with Crippen LogP contribution in [0.5, 0.6) is 0 Å². The van der Waals surface area contributed by atoms with E-state index >= 15 is 0 Å². The lowest BCUT2D eigenvalue weighted by Gasteiger charge is -2.31. The molecule has 2 unspecified atom stereocenters. The zero-order valence-corrected chi connectivity index (χ0v) is 25.3. The molecule has 1 aliphatic heterocycles. The van der Waals surface area contributed by atoms with Crippen molar-refractivity contribution in [2.24, 2.45) is 0 Å². The summed E-state index contributed by atoms with van der Waals surface area (Å²) in [5, 5.41) is 5.07. The smallest absolute Gasteiger partial charge is 0.243 e. The zero-order valence-electron chi connectivity index (χ0n) is 20.7. The fraction of sp³-hybridized carbons (Fsp3) is 0.222. The topological polar surface area (TPSA) is 76.3 Å². The maximum Gasteiger partial charge on any atom is 0.243 e. The normalized spacial score (nSPS) is 13.9. The van der Waals surface area contributed by atoms with Crippen molar-refractivity contribution >= 4 is 82.0 Å². The second-order valence-corrected chi connectivity index (χ2v) is 10.7. The van der Waals surface area contributed by atoms with Crippen LogP contribution in [0.2, 0.25) is 20.1 Å². The van der Waals surface area contributed by atoms with Gasteiger partial charge in [0, 0.05) is 27.5 Å². The molecule has 0 aromatic heterocycles. The Morgan fingerprint density at radius 1 is 0.974 bits per heavy atom. The SMILES string of the molecule is Cc1cccc(Cl)c1NC(=O)CN1C=CN(C(Cl)C(OCc2ccc(Cl)cc2Cl)c2ccc(Cl)cc2)C1.Cl.O. The number of nitrogens with one attached hydrogen (secondary N) is 1. The van der Waals surface area contributed by atoms with Gasteiger partial charge >= 0.3 is 0 Å². The van der Waals surface area contributed by atoms with Gasteiger partial charge in [0.05, 0.1) is 30.5 Å². The van der Waals surface area contributed by atoms with Crippen LogP contribution in [-0.4, -0.2) is 39.9 Å². The van der Waals surface area contributed by atoms with Gasteiger partial charge in [0.2, 0.25) is 5.91 Å².